The van der Waals surface area contributed by atoms with Gasteiger partial charge in [0.2, 0.25) is 0 Å². The summed E-state index contributed by atoms with van der Waals surface area (Å²) in [6.45, 7) is 8.37. The average Bonchev–Trinajstić information content (AvgIpc) is 2.76. The molecule has 0 spiro atoms. The largest absolute Gasteiger partial charge is 0.360 e. The number of hydrogen-bond donors (Lipinski definition) is 1. The highest BCUT2D eigenvalue weighted by Gasteiger charge is 2.04. The third-order valence-corrected chi connectivity index (χ3v) is 2.90. The van der Waals surface area contributed by atoms with Crippen molar-refractivity contribution in [3.8, 4) is 0 Å². The lowest BCUT2D eigenvalue weighted by atomic mass is 10.1. The topological polar surface area (TPSA) is 28.1 Å². The van der Waals surface area contributed by atoms with Crippen molar-refractivity contribution < 1.29 is 0 Å². The molecule has 1 N–H and O–H groups in total. The highest BCUT2D eigenvalue weighted by Crippen LogP contribution is 2.25. The molecule has 0 amide bonds. The molecule has 2 rings (SSSR count). The van der Waals surface area contributed by atoms with Gasteiger partial charge in [0.25, 0.3) is 0 Å². The fourth-order valence-corrected chi connectivity index (χ4v) is 2.13. The molecule has 2 nitrogen and oxygen atoms in total. The smallest absolute Gasteiger partial charge is 0.0692 e. The SMILES string of the molecule is CC(=Nc1c(C)cc(C)cc1C)c1ccc[nH]1. The molecule has 0 aliphatic carbocycles. The van der Waals surface area contributed by atoms with Crippen molar-refractivity contribution in [1.29, 1.82) is 0 Å². The Kier molecular flexibility index (Phi) is 3.14. The van der Waals surface area contributed by atoms with Crippen molar-refractivity contribution in [3.63, 3.8) is 0 Å². The fraction of sp³-hybridized carbons (Fsp3) is 0.267. The van der Waals surface area contributed by atoms with E-state index in [0.29, 0.717) is 0 Å². The highest BCUT2D eigenvalue weighted by molar-refractivity contribution is 5.99. The maximum atomic E-state index is 4.73. The van der Waals surface area contributed by atoms with Gasteiger partial charge in [-0.25, -0.2) is 0 Å². The van der Waals surface area contributed by atoms with Gasteiger partial charge < -0.3 is 4.98 Å². The molecule has 0 aliphatic heterocycles. The molecule has 0 radical (unpaired) electrons. The minimum atomic E-state index is 1.02. The van der Waals surface area contributed by atoms with Gasteiger partial charge >= 0.3 is 0 Å². The van der Waals surface area contributed by atoms with Crippen molar-refractivity contribution in [2.24, 2.45) is 4.99 Å². The van der Waals surface area contributed by atoms with Gasteiger partial charge in [-0.15, -0.1) is 0 Å². The zero-order valence-corrected chi connectivity index (χ0v) is 10.8. The highest BCUT2D eigenvalue weighted by atomic mass is 14.8. The predicted molar refractivity (Wildman–Crippen MR) is 73.3 cm³/mol. The van der Waals surface area contributed by atoms with Gasteiger partial charge in [0.1, 0.15) is 0 Å². The molecule has 0 unspecified atom stereocenters. The second-order valence-electron chi connectivity index (χ2n) is 4.53. The van der Waals surface area contributed by atoms with Crippen LogP contribution in [0.4, 0.5) is 5.69 Å². The van der Waals surface area contributed by atoms with E-state index < -0.39 is 0 Å². The maximum Gasteiger partial charge on any atom is 0.0692 e. The first-order valence-electron chi connectivity index (χ1n) is 5.85. The van der Waals surface area contributed by atoms with Crippen LogP contribution >= 0.6 is 0 Å². The predicted octanol–water partition coefficient (Wildman–Crippen LogP) is 4.08. The van der Waals surface area contributed by atoms with Crippen molar-refractivity contribution in [2.75, 3.05) is 0 Å². The molecule has 2 aromatic rings. The Morgan fingerprint density at radius 2 is 1.76 bits per heavy atom. The van der Waals surface area contributed by atoms with E-state index in [-0.39, 0.29) is 0 Å². The fourth-order valence-electron chi connectivity index (χ4n) is 2.13. The molecule has 0 bridgehead atoms. The third kappa shape index (κ3) is 2.47. The molecule has 88 valence electrons. The first-order valence-corrected chi connectivity index (χ1v) is 5.85. The minimum absolute atomic E-state index is 1.02. The average molecular weight is 226 g/mol. The van der Waals surface area contributed by atoms with E-state index in [1.54, 1.807) is 0 Å². The van der Waals surface area contributed by atoms with Crippen LogP contribution in [0.25, 0.3) is 0 Å². The lowest BCUT2D eigenvalue weighted by molar-refractivity contribution is 1.27. The summed E-state index contributed by atoms with van der Waals surface area (Å²) in [5.74, 6) is 0. The van der Waals surface area contributed by atoms with Crippen LogP contribution in [0.3, 0.4) is 0 Å². The number of rotatable bonds is 2. The maximum absolute atomic E-state index is 4.73. The number of nitrogens with zero attached hydrogens (tertiary/aromatic N) is 1. The van der Waals surface area contributed by atoms with Crippen LogP contribution in [0.1, 0.15) is 29.3 Å². The van der Waals surface area contributed by atoms with E-state index >= 15 is 0 Å². The Hall–Kier alpha value is -1.83. The molecule has 0 aliphatic rings. The van der Waals surface area contributed by atoms with Crippen LogP contribution in [-0.4, -0.2) is 10.7 Å². The first kappa shape index (κ1) is 11.6. The number of aromatic nitrogens is 1. The quantitative estimate of drug-likeness (QED) is 0.747. The van der Waals surface area contributed by atoms with Gasteiger partial charge in [-0.3, -0.25) is 4.99 Å². The summed E-state index contributed by atoms with van der Waals surface area (Å²) in [5.41, 5.74) is 6.93. The van der Waals surface area contributed by atoms with Crippen LogP contribution in [0, 0.1) is 20.8 Å². The van der Waals surface area contributed by atoms with Gasteiger partial charge in [-0.2, -0.15) is 0 Å². The van der Waals surface area contributed by atoms with E-state index in [0.717, 1.165) is 17.1 Å². The molecule has 1 aromatic heterocycles. The standard InChI is InChI=1S/C15H18N2/c1-10-8-11(2)15(12(3)9-10)17-13(4)14-6-5-7-16-14/h5-9,16H,1-4H3. The van der Waals surface area contributed by atoms with Crippen molar-refractivity contribution in [3.05, 3.63) is 52.8 Å². The molecule has 0 saturated carbocycles. The van der Waals surface area contributed by atoms with Crippen LogP contribution in [0.15, 0.2) is 35.5 Å². The Morgan fingerprint density at radius 3 is 2.29 bits per heavy atom. The zero-order valence-electron chi connectivity index (χ0n) is 10.8. The van der Waals surface area contributed by atoms with Gasteiger partial charge in [-0.05, 0) is 51.0 Å². The lowest BCUT2D eigenvalue weighted by Gasteiger charge is -2.08. The number of aromatic amines is 1. The van der Waals surface area contributed by atoms with Crippen LogP contribution in [0.2, 0.25) is 0 Å². The van der Waals surface area contributed by atoms with Gasteiger partial charge in [0.05, 0.1) is 17.1 Å². The molecule has 0 atom stereocenters. The first-order chi connectivity index (χ1) is 8.08. The number of aliphatic imine (C=N–C) groups is 1. The number of H-pyrrole nitrogens is 1. The number of nitrogens with one attached hydrogen (secondary N) is 1. The molecule has 1 aromatic carbocycles. The molecular formula is C15H18N2. The van der Waals surface area contributed by atoms with Gasteiger partial charge in [-0.1, -0.05) is 17.7 Å². The van der Waals surface area contributed by atoms with Gasteiger partial charge in [0.15, 0.2) is 0 Å². The third-order valence-electron chi connectivity index (χ3n) is 2.90. The molecule has 0 saturated heterocycles. The summed E-state index contributed by atoms with van der Waals surface area (Å²) in [7, 11) is 0. The van der Waals surface area contributed by atoms with E-state index in [1.807, 2.05) is 25.3 Å². The van der Waals surface area contributed by atoms with Gasteiger partial charge in [0, 0.05) is 6.20 Å². The second-order valence-corrected chi connectivity index (χ2v) is 4.53. The monoisotopic (exact) mass is 226 g/mol. The van der Waals surface area contributed by atoms with Crippen molar-refractivity contribution in [2.45, 2.75) is 27.7 Å². The van der Waals surface area contributed by atoms with Crippen molar-refractivity contribution in [1.82, 2.24) is 4.98 Å². The minimum Gasteiger partial charge on any atom is -0.360 e. The Labute approximate surface area is 102 Å². The number of benzene rings is 1. The second kappa shape index (κ2) is 4.58. The normalized spacial score (nSPS) is 11.9. The summed E-state index contributed by atoms with van der Waals surface area (Å²) in [5, 5.41) is 0. The summed E-state index contributed by atoms with van der Waals surface area (Å²) >= 11 is 0. The van der Waals surface area contributed by atoms with Crippen LogP contribution < -0.4 is 0 Å². The van der Waals surface area contributed by atoms with E-state index in [1.165, 1.54) is 16.7 Å². The Morgan fingerprint density at radius 1 is 1.12 bits per heavy atom. The molecule has 2 heteroatoms. The molecule has 0 fully saturated rings. The zero-order chi connectivity index (χ0) is 12.4. The molecule has 1 heterocycles. The molecular weight excluding hydrogens is 208 g/mol. The number of aryl methyl sites for hydroxylation is 3. The Balaban J connectivity index is 2.46. The van der Waals surface area contributed by atoms with E-state index in [2.05, 4.69) is 37.9 Å². The molecule has 17 heavy (non-hydrogen) atoms. The van der Waals surface area contributed by atoms with E-state index in [4.69, 9.17) is 4.99 Å². The summed E-state index contributed by atoms with van der Waals surface area (Å²) in [6.07, 6.45) is 1.92. The van der Waals surface area contributed by atoms with Crippen LogP contribution in [-0.2, 0) is 0 Å². The van der Waals surface area contributed by atoms with E-state index in [9.17, 15) is 0 Å². The van der Waals surface area contributed by atoms with Crippen LogP contribution in [0.5, 0.6) is 0 Å². The Bertz CT molecular complexity index is 525. The summed E-state index contributed by atoms with van der Waals surface area (Å²) in [4.78, 5) is 7.90. The lowest BCUT2D eigenvalue weighted by Crippen LogP contribution is -1.95. The summed E-state index contributed by atoms with van der Waals surface area (Å²) < 4.78 is 0. The summed E-state index contributed by atoms with van der Waals surface area (Å²) in [6, 6.07) is 8.38. The number of hydrogen-bond acceptors (Lipinski definition) is 1. The van der Waals surface area contributed by atoms with Crippen molar-refractivity contribution >= 4 is 11.4 Å².